The molecule has 3 aromatic carbocycles. The third kappa shape index (κ3) is 4.64. The molecule has 6 nitrogen and oxygen atoms in total. The minimum atomic E-state index is -0.819. The third-order valence-corrected chi connectivity index (χ3v) is 6.29. The fraction of sp³-hybridized carbons (Fsp3) is 0.0769. The summed E-state index contributed by atoms with van der Waals surface area (Å²) in [5.41, 5.74) is 0.632. The van der Waals surface area contributed by atoms with Crippen molar-refractivity contribution in [3.63, 3.8) is 0 Å². The second-order valence-corrected chi connectivity index (χ2v) is 8.41. The maximum absolute atomic E-state index is 13.7. The number of thioether (sulfide) groups is 1. The fourth-order valence-corrected chi connectivity index (χ4v) is 4.82. The van der Waals surface area contributed by atoms with E-state index in [1.54, 1.807) is 78.2 Å². The molecule has 0 amide bonds. The summed E-state index contributed by atoms with van der Waals surface area (Å²) in [5, 5.41) is -0.220. The Labute approximate surface area is 205 Å². The quantitative estimate of drug-likeness (QED) is 0.155. The van der Waals surface area contributed by atoms with E-state index in [0.29, 0.717) is 16.9 Å². The molecule has 170 valence electrons. The van der Waals surface area contributed by atoms with Crippen LogP contribution in [0.15, 0.2) is 101 Å². The van der Waals surface area contributed by atoms with Crippen LogP contribution in [0.2, 0.25) is 0 Å². The summed E-state index contributed by atoms with van der Waals surface area (Å²) in [6.07, 6.45) is 0. The lowest BCUT2D eigenvalue weighted by Crippen LogP contribution is -2.32. The third-order valence-electron chi connectivity index (χ3n) is 4.92. The molecule has 0 N–H and O–H groups in total. The van der Waals surface area contributed by atoms with Crippen LogP contribution in [0.5, 0.6) is 0 Å². The van der Waals surface area contributed by atoms with Gasteiger partial charge in [-0.25, -0.2) is 4.79 Å². The van der Waals surface area contributed by atoms with Gasteiger partial charge in [0.1, 0.15) is 5.03 Å². The van der Waals surface area contributed by atoms with Crippen LogP contribution < -0.4 is 5.56 Å². The van der Waals surface area contributed by atoms with Crippen molar-refractivity contribution in [2.75, 3.05) is 6.61 Å². The van der Waals surface area contributed by atoms with Crippen molar-refractivity contribution < 1.29 is 14.3 Å². The van der Waals surface area contributed by atoms with Gasteiger partial charge in [0.15, 0.2) is 10.3 Å². The van der Waals surface area contributed by atoms with Crippen molar-refractivity contribution in [3.05, 3.63) is 117 Å². The van der Waals surface area contributed by atoms with Crippen molar-refractivity contribution in [1.29, 1.82) is 0 Å². The number of hydrogen-bond acceptors (Lipinski definition) is 6. The number of rotatable bonds is 6. The molecule has 1 aromatic heterocycles. The topological polar surface area (TPSA) is 70.3 Å². The Morgan fingerprint density at radius 1 is 0.824 bits per heavy atom. The molecule has 0 fully saturated rings. The van der Waals surface area contributed by atoms with Crippen LogP contribution in [-0.2, 0) is 4.74 Å². The summed E-state index contributed by atoms with van der Waals surface area (Å²) in [4.78, 5) is 39.9. The molecule has 0 bridgehead atoms. The van der Waals surface area contributed by atoms with Gasteiger partial charge in [0.25, 0.3) is 5.56 Å². The lowest BCUT2D eigenvalue weighted by atomic mass is 10.2. The number of carbonyl (C=O) groups excluding carboxylic acids is 2. The molecule has 1 heterocycles. The summed E-state index contributed by atoms with van der Waals surface area (Å²) in [5.74, 6) is -0.819. The molecule has 4 aromatic rings. The summed E-state index contributed by atoms with van der Waals surface area (Å²) in [6, 6.07) is 26.5. The first-order valence-electron chi connectivity index (χ1n) is 10.5. The van der Waals surface area contributed by atoms with E-state index in [1.165, 1.54) is 4.57 Å². The molecular formula is C26H20N2O4S2. The van der Waals surface area contributed by atoms with Gasteiger partial charge in [0.2, 0.25) is 5.12 Å². The van der Waals surface area contributed by atoms with Crippen LogP contribution in [0.4, 0.5) is 0 Å². The Morgan fingerprint density at radius 3 is 1.85 bits per heavy atom. The zero-order valence-corrected chi connectivity index (χ0v) is 19.8. The minimum absolute atomic E-state index is 0.0707. The molecule has 0 saturated carbocycles. The maximum Gasteiger partial charge on any atom is 0.346 e. The van der Waals surface area contributed by atoms with Gasteiger partial charge < -0.3 is 4.74 Å². The van der Waals surface area contributed by atoms with Crippen molar-refractivity contribution in [3.8, 4) is 11.4 Å². The molecule has 0 aliphatic carbocycles. The van der Waals surface area contributed by atoms with E-state index in [0.717, 1.165) is 11.8 Å². The Morgan fingerprint density at radius 2 is 1.32 bits per heavy atom. The zero-order valence-electron chi connectivity index (χ0n) is 18.2. The van der Waals surface area contributed by atoms with Gasteiger partial charge in [-0.1, -0.05) is 66.7 Å². The number of benzene rings is 3. The van der Waals surface area contributed by atoms with E-state index in [-0.39, 0.29) is 27.1 Å². The second kappa shape index (κ2) is 10.5. The normalized spacial score (nSPS) is 10.6. The molecule has 0 saturated heterocycles. The van der Waals surface area contributed by atoms with E-state index >= 15 is 0 Å². The van der Waals surface area contributed by atoms with E-state index in [1.807, 2.05) is 24.3 Å². The molecule has 0 aliphatic rings. The summed E-state index contributed by atoms with van der Waals surface area (Å²) < 4.78 is 8.21. The van der Waals surface area contributed by atoms with Gasteiger partial charge in [0, 0.05) is 11.3 Å². The van der Waals surface area contributed by atoms with E-state index in [4.69, 9.17) is 17.0 Å². The van der Waals surface area contributed by atoms with E-state index in [2.05, 4.69) is 0 Å². The number of ether oxygens (including phenoxy) is 1. The highest BCUT2D eigenvalue weighted by Crippen LogP contribution is 2.29. The lowest BCUT2D eigenvalue weighted by Gasteiger charge is -2.19. The fourth-order valence-electron chi connectivity index (χ4n) is 3.39. The number of nitrogens with zero attached hydrogens (tertiary/aromatic N) is 2. The zero-order chi connectivity index (χ0) is 24.1. The molecule has 8 heteroatoms. The molecule has 0 atom stereocenters. The average molecular weight is 489 g/mol. The first-order chi connectivity index (χ1) is 16.5. The average Bonchev–Trinajstić information content (AvgIpc) is 2.86. The minimum Gasteiger partial charge on any atom is -0.462 e. The number of hydrogen-bond donors (Lipinski definition) is 0. The Kier molecular flexibility index (Phi) is 7.20. The monoisotopic (exact) mass is 488 g/mol. The number of para-hydroxylation sites is 2. The second-order valence-electron chi connectivity index (χ2n) is 7.09. The molecular weight excluding hydrogens is 468 g/mol. The molecule has 0 unspecified atom stereocenters. The summed E-state index contributed by atoms with van der Waals surface area (Å²) >= 11 is 6.53. The van der Waals surface area contributed by atoms with Gasteiger partial charge in [0.05, 0.1) is 12.3 Å². The first kappa shape index (κ1) is 23.4. The van der Waals surface area contributed by atoms with Crippen molar-refractivity contribution in [2.45, 2.75) is 11.9 Å². The maximum atomic E-state index is 13.7. The van der Waals surface area contributed by atoms with Crippen LogP contribution >= 0.6 is 24.0 Å². The van der Waals surface area contributed by atoms with E-state index in [9.17, 15) is 14.4 Å². The summed E-state index contributed by atoms with van der Waals surface area (Å²) in [6.45, 7) is 1.73. The smallest absolute Gasteiger partial charge is 0.346 e. The highest BCUT2D eigenvalue weighted by atomic mass is 32.2. The van der Waals surface area contributed by atoms with Crippen molar-refractivity contribution in [2.24, 2.45) is 0 Å². The summed E-state index contributed by atoms with van der Waals surface area (Å²) in [7, 11) is 0. The SMILES string of the molecule is CCOC(=O)c1c(SC(=O)c2ccccc2)n(-c2ccccc2)c(=S)n(-c2ccccc2)c1=O. The Bertz CT molecular complexity index is 1450. The molecule has 0 aliphatic heterocycles. The van der Waals surface area contributed by atoms with Crippen molar-refractivity contribution in [1.82, 2.24) is 9.13 Å². The predicted molar refractivity (Wildman–Crippen MR) is 135 cm³/mol. The largest absolute Gasteiger partial charge is 0.462 e. The number of aromatic nitrogens is 2. The molecule has 0 radical (unpaired) electrons. The van der Waals surface area contributed by atoms with E-state index < -0.39 is 11.5 Å². The predicted octanol–water partition coefficient (Wildman–Crippen LogP) is 5.47. The number of carbonyl (C=O) groups is 2. The Hall–Kier alpha value is -3.75. The number of esters is 1. The first-order valence-corrected chi connectivity index (χ1v) is 11.7. The van der Waals surface area contributed by atoms with Gasteiger partial charge >= 0.3 is 5.97 Å². The van der Waals surface area contributed by atoms with Crippen LogP contribution in [0.25, 0.3) is 11.4 Å². The van der Waals surface area contributed by atoms with Crippen molar-refractivity contribution >= 4 is 35.1 Å². The Balaban J connectivity index is 2.07. The molecule has 4 rings (SSSR count). The van der Waals surface area contributed by atoms with Crippen LogP contribution in [0.3, 0.4) is 0 Å². The van der Waals surface area contributed by atoms with Crippen LogP contribution in [0, 0.1) is 4.77 Å². The van der Waals surface area contributed by atoms with Gasteiger partial charge in [-0.15, -0.1) is 0 Å². The standard InChI is InChI=1S/C26H20N2O4S2/c1-2-32-24(30)21-22(29)27(19-14-8-4-9-15-19)26(33)28(20-16-10-5-11-17-20)23(21)34-25(31)18-12-6-3-7-13-18/h3-17H,2H2,1H3. The van der Waals surface area contributed by atoms with Gasteiger partial charge in [-0.2, -0.15) is 0 Å². The molecule has 34 heavy (non-hydrogen) atoms. The van der Waals surface area contributed by atoms with Crippen LogP contribution in [0.1, 0.15) is 27.6 Å². The van der Waals surface area contributed by atoms with Gasteiger partial charge in [-0.05, 0) is 55.2 Å². The molecule has 0 spiro atoms. The van der Waals surface area contributed by atoms with Crippen LogP contribution in [-0.4, -0.2) is 26.8 Å². The lowest BCUT2D eigenvalue weighted by molar-refractivity contribution is 0.0517. The highest BCUT2D eigenvalue weighted by molar-refractivity contribution is 8.14. The highest BCUT2D eigenvalue weighted by Gasteiger charge is 2.28. The van der Waals surface area contributed by atoms with Gasteiger partial charge in [-0.3, -0.25) is 18.7 Å².